The number of rotatable bonds is 5. The second kappa shape index (κ2) is 7.30. The van der Waals surface area contributed by atoms with Gasteiger partial charge < -0.3 is 9.73 Å². The van der Waals surface area contributed by atoms with Crippen LogP contribution in [0.25, 0.3) is 11.5 Å². The van der Waals surface area contributed by atoms with Gasteiger partial charge in [-0.15, -0.1) is 10.2 Å². The van der Waals surface area contributed by atoms with Gasteiger partial charge in [-0.2, -0.15) is 0 Å². The molecular formula is C16H12ClN3O2S. The number of halogens is 1. The maximum absolute atomic E-state index is 11.9. The van der Waals surface area contributed by atoms with E-state index in [9.17, 15) is 4.79 Å². The van der Waals surface area contributed by atoms with Crippen molar-refractivity contribution < 1.29 is 9.21 Å². The number of anilines is 1. The highest BCUT2D eigenvalue weighted by Gasteiger charge is 2.11. The largest absolute Gasteiger partial charge is 0.411 e. The molecule has 0 atom stereocenters. The van der Waals surface area contributed by atoms with Gasteiger partial charge in [0.05, 0.1) is 16.5 Å². The molecule has 1 amide bonds. The molecule has 23 heavy (non-hydrogen) atoms. The van der Waals surface area contributed by atoms with Crippen molar-refractivity contribution in [1.29, 1.82) is 0 Å². The number of para-hydroxylation sites is 1. The normalized spacial score (nSPS) is 10.5. The van der Waals surface area contributed by atoms with Crippen LogP contribution in [-0.2, 0) is 4.79 Å². The predicted molar refractivity (Wildman–Crippen MR) is 90.5 cm³/mol. The fraction of sp³-hybridized carbons (Fsp3) is 0.0625. The van der Waals surface area contributed by atoms with Crippen molar-refractivity contribution >= 4 is 35.0 Å². The van der Waals surface area contributed by atoms with Crippen LogP contribution in [0.15, 0.2) is 64.2 Å². The van der Waals surface area contributed by atoms with E-state index >= 15 is 0 Å². The number of thioether (sulfide) groups is 1. The van der Waals surface area contributed by atoms with Crippen LogP contribution in [0.2, 0.25) is 5.02 Å². The van der Waals surface area contributed by atoms with Crippen LogP contribution in [0.3, 0.4) is 0 Å². The van der Waals surface area contributed by atoms with Crippen LogP contribution in [0.4, 0.5) is 5.69 Å². The van der Waals surface area contributed by atoms with Gasteiger partial charge in [0.25, 0.3) is 5.22 Å². The summed E-state index contributed by atoms with van der Waals surface area (Å²) >= 11 is 7.17. The van der Waals surface area contributed by atoms with E-state index in [4.69, 9.17) is 16.0 Å². The number of hydrogen-bond donors (Lipinski definition) is 1. The average Bonchev–Trinajstić information content (AvgIpc) is 3.05. The van der Waals surface area contributed by atoms with Crippen LogP contribution in [0, 0.1) is 0 Å². The van der Waals surface area contributed by atoms with Crippen LogP contribution in [0.1, 0.15) is 0 Å². The number of carbonyl (C=O) groups is 1. The van der Waals surface area contributed by atoms with Crippen molar-refractivity contribution in [2.24, 2.45) is 0 Å². The van der Waals surface area contributed by atoms with E-state index in [1.54, 1.807) is 24.3 Å². The number of carbonyl (C=O) groups excluding carboxylic acids is 1. The lowest BCUT2D eigenvalue weighted by Crippen LogP contribution is -2.14. The summed E-state index contributed by atoms with van der Waals surface area (Å²) in [6.07, 6.45) is 0. The van der Waals surface area contributed by atoms with Crippen LogP contribution in [-0.4, -0.2) is 21.9 Å². The zero-order chi connectivity index (χ0) is 16.1. The van der Waals surface area contributed by atoms with Crippen molar-refractivity contribution in [3.8, 4) is 11.5 Å². The molecule has 0 spiro atoms. The van der Waals surface area contributed by atoms with Crippen molar-refractivity contribution in [2.45, 2.75) is 5.22 Å². The Kier molecular flexibility index (Phi) is 4.95. The Labute approximate surface area is 142 Å². The summed E-state index contributed by atoms with van der Waals surface area (Å²) in [5.74, 6) is 0.393. The minimum Gasteiger partial charge on any atom is -0.411 e. The summed E-state index contributed by atoms with van der Waals surface area (Å²) in [4.78, 5) is 11.9. The Morgan fingerprint density at radius 1 is 1.09 bits per heavy atom. The van der Waals surface area contributed by atoms with Gasteiger partial charge in [0.2, 0.25) is 11.8 Å². The van der Waals surface area contributed by atoms with E-state index in [-0.39, 0.29) is 11.7 Å². The fourth-order valence-electron chi connectivity index (χ4n) is 1.84. The first-order chi connectivity index (χ1) is 11.2. The smallest absolute Gasteiger partial charge is 0.277 e. The van der Waals surface area contributed by atoms with Crippen LogP contribution >= 0.6 is 23.4 Å². The SMILES string of the molecule is O=C(CSc1nnc(-c2ccccc2)o1)Nc1ccccc1Cl. The Morgan fingerprint density at radius 2 is 1.83 bits per heavy atom. The molecule has 0 aliphatic heterocycles. The molecule has 0 unspecified atom stereocenters. The van der Waals surface area contributed by atoms with Crippen molar-refractivity contribution in [2.75, 3.05) is 11.1 Å². The highest BCUT2D eigenvalue weighted by molar-refractivity contribution is 7.99. The van der Waals surface area contributed by atoms with Gasteiger partial charge in [-0.25, -0.2) is 0 Å². The molecule has 0 bridgehead atoms. The second-order valence-electron chi connectivity index (χ2n) is 4.56. The Bertz CT molecular complexity index is 808. The zero-order valence-electron chi connectivity index (χ0n) is 11.9. The molecule has 0 radical (unpaired) electrons. The second-order valence-corrected chi connectivity index (χ2v) is 5.89. The minimum absolute atomic E-state index is 0.154. The summed E-state index contributed by atoms with van der Waals surface area (Å²) in [6, 6.07) is 16.5. The molecule has 0 fully saturated rings. The lowest BCUT2D eigenvalue weighted by Gasteiger charge is -2.05. The molecule has 0 aliphatic rings. The highest BCUT2D eigenvalue weighted by atomic mass is 35.5. The number of nitrogens with one attached hydrogen (secondary N) is 1. The predicted octanol–water partition coefficient (Wildman–Crippen LogP) is 4.12. The molecule has 1 N–H and O–H groups in total. The van der Waals surface area contributed by atoms with E-state index in [2.05, 4.69) is 15.5 Å². The summed E-state index contributed by atoms with van der Waals surface area (Å²) in [5, 5.41) is 11.5. The van der Waals surface area contributed by atoms with Gasteiger partial charge in [0, 0.05) is 5.56 Å². The van der Waals surface area contributed by atoms with Crippen molar-refractivity contribution in [1.82, 2.24) is 10.2 Å². The highest BCUT2D eigenvalue weighted by Crippen LogP contribution is 2.24. The molecule has 2 aromatic carbocycles. The average molecular weight is 346 g/mol. The molecule has 0 saturated heterocycles. The molecule has 5 nitrogen and oxygen atoms in total. The topological polar surface area (TPSA) is 68.0 Å². The first kappa shape index (κ1) is 15.6. The molecule has 0 saturated carbocycles. The summed E-state index contributed by atoms with van der Waals surface area (Å²) in [6.45, 7) is 0. The van der Waals surface area contributed by atoms with Crippen LogP contribution in [0.5, 0.6) is 0 Å². The fourth-order valence-corrected chi connectivity index (χ4v) is 2.59. The first-order valence-corrected chi connectivity index (χ1v) is 8.15. The van der Waals surface area contributed by atoms with Gasteiger partial charge in [0.15, 0.2) is 0 Å². The molecule has 3 rings (SSSR count). The van der Waals surface area contributed by atoms with E-state index in [1.807, 2.05) is 30.3 Å². The van der Waals surface area contributed by atoms with Crippen molar-refractivity contribution in [3.05, 3.63) is 59.6 Å². The molecule has 3 aromatic rings. The number of nitrogens with zero attached hydrogens (tertiary/aromatic N) is 2. The lowest BCUT2D eigenvalue weighted by molar-refractivity contribution is -0.113. The quantitative estimate of drug-likeness (QED) is 0.704. The third kappa shape index (κ3) is 4.12. The standard InChI is InChI=1S/C16H12ClN3O2S/c17-12-8-4-5-9-13(12)18-14(21)10-23-16-20-19-15(22-16)11-6-2-1-3-7-11/h1-9H,10H2,(H,18,21). The molecular weight excluding hydrogens is 334 g/mol. The first-order valence-electron chi connectivity index (χ1n) is 6.78. The van der Waals surface area contributed by atoms with Gasteiger partial charge >= 0.3 is 0 Å². The lowest BCUT2D eigenvalue weighted by atomic mass is 10.2. The summed E-state index contributed by atoms with van der Waals surface area (Å²) < 4.78 is 5.53. The molecule has 116 valence electrons. The van der Waals surface area contributed by atoms with Gasteiger partial charge in [-0.05, 0) is 24.3 Å². The zero-order valence-corrected chi connectivity index (χ0v) is 13.5. The maximum atomic E-state index is 11.9. The summed E-state index contributed by atoms with van der Waals surface area (Å²) in [7, 11) is 0. The monoisotopic (exact) mass is 345 g/mol. The third-order valence-corrected chi connectivity index (χ3v) is 4.05. The summed E-state index contributed by atoms with van der Waals surface area (Å²) in [5.41, 5.74) is 1.42. The Morgan fingerprint density at radius 3 is 2.61 bits per heavy atom. The van der Waals surface area contributed by atoms with E-state index in [0.717, 1.165) is 5.56 Å². The number of benzene rings is 2. The third-order valence-electron chi connectivity index (χ3n) is 2.90. The Balaban J connectivity index is 1.58. The number of aromatic nitrogens is 2. The van der Waals surface area contributed by atoms with E-state index in [1.165, 1.54) is 11.8 Å². The maximum Gasteiger partial charge on any atom is 0.277 e. The van der Waals surface area contributed by atoms with Gasteiger partial charge in [-0.3, -0.25) is 4.79 Å². The van der Waals surface area contributed by atoms with Gasteiger partial charge in [0.1, 0.15) is 0 Å². The molecule has 1 aromatic heterocycles. The number of hydrogen-bond acceptors (Lipinski definition) is 5. The number of amides is 1. The molecule has 1 heterocycles. The molecule has 0 aliphatic carbocycles. The minimum atomic E-state index is -0.192. The van der Waals surface area contributed by atoms with E-state index < -0.39 is 0 Å². The van der Waals surface area contributed by atoms with Gasteiger partial charge in [-0.1, -0.05) is 53.7 Å². The van der Waals surface area contributed by atoms with E-state index in [0.29, 0.717) is 21.8 Å². The van der Waals surface area contributed by atoms with Crippen molar-refractivity contribution in [3.63, 3.8) is 0 Å². The Hall–Kier alpha value is -2.31. The van der Waals surface area contributed by atoms with Crippen LogP contribution < -0.4 is 5.32 Å². The molecule has 7 heteroatoms.